The van der Waals surface area contributed by atoms with Gasteiger partial charge in [0.05, 0.1) is 0 Å². The molecule has 0 amide bonds. The highest BCUT2D eigenvalue weighted by atomic mass is 32.1. The van der Waals surface area contributed by atoms with E-state index in [1.54, 1.807) is 0 Å². The number of thiophene rings is 1. The summed E-state index contributed by atoms with van der Waals surface area (Å²) >= 11 is 1.87. The van der Waals surface area contributed by atoms with E-state index in [0.29, 0.717) is 0 Å². The van der Waals surface area contributed by atoms with E-state index >= 15 is 0 Å². The van der Waals surface area contributed by atoms with E-state index in [9.17, 15) is 0 Å². The zero-order valence-corrected chi connectivity index (χ0v) is 34.5. The molecule has 0 spiro atoms. The van der Waals surface area contributed by atoms with Gasteiger partial charge in [-0.15, -0.1) is 11.3 Å². The Morgan fingerprint density at radius 2 is 1.08 bits per heavy atom. The first-order valence-electron chi connectivity index (χ1n) is 21.2. The third-order valence-corrected chi connectivity index (χ3v) is 14.1. The average Bonchev–Trinajstić information content (AvgIpc) is 3.88. The maximum absolute atomic E-state index is 7.14. The Bertz CT molecular complexity index is 3560. The van der Waals surface area contributed by atoms with Crippen molar-refractivity contribution in [2.24, 2.45) is 11.8 Å². The molecule has 0 aliphatic heterocycles. The number of hydrogen-bond donors (Lipinski definition) is 0. The van der Waals surface area contributed by atoms with Crippen molar-refractivity contribution in [1.29, 1.82) is 0 Å². The van der Waals surface area contributed by atoms with Crippen molar-refractivity contribution < 1.29 is 4.42 Å². The number of para-hydroxylation sites is 1. The van der Waals surface area contributed by atoms with Crippen LogP contribution < -0.4 is 0 Å². The Balaban J connectivity index is 1.07. The largest absolute Gasteiger partial charge is 0.455 e. The van der Waals surface area contributed by atoms with Gasteiger partial charge in [0.25, 0.3) is 0 Å². The van der Waals surface area contributed by atoms with Gasteiger partial charge in [-0.25, -0.2) is 0 Å². The van der Waals surface area contributed by atoms with Crippen LogP contribution in [0.2, 0.25) is 0 Å². The maximum Gasteiger partial charge on any atom is 0.142 e. The van der Waals surface area contributed by atoms with Crippen LogP contribution in [-0.4, -0.2) is 0 Å². The van der Waals surface area contributed by atoms with Crippen molar-refractivity contribution in [3.63, 3.8) is 0 Å². The quantitative estimate of drug-likeness (QED) is 0.153. The molecule has 2 aliphatic rings. The van der Waals surface area contributed by atoms with Crippen LogP contribution in [0.25, 0.3) is 97.1 Å². The molecule has 8 aromatic carbocycles. The Kier molecular flexibility index (Phi) is 8.30. The van der Waals surface area contributed by atoms with Crippen LogP contribution in [0.15, 0.2) is 222 Å². The highest BCUT2D eigenvalue weighted by Crippen LogP contribution is 2.53. The monoisotopic (exact) mass is 796 g/mol. The summed E-state index contributed by atoms with van der Waals surface area (Å²) in [6, 6.07) is 57.7. The molecule has 2 unspecified atom stereocenters. The van der Waals surface area contributed by atoms with Crippen LogP contribution in [0.1, 0.15) is 18.1 Å². The molecule has 0 bridgehead atoms. The first kappa shape index (κ1) is 35.7. The number of allylic oxidation sites excluding steroid dienone is 11. The first-order valence-corrected chi connectivity index (χ1v) is 22.0. The van der Waals surface area contributed by atoms with Crippen LogP contribution in [0, 0.1) is 11.8 Å². The summed E-state index contributed by atoms with van der Waals surface area (Å²) in [7, 11) is 0. The summed E-state index contributed by atoms with van der Waals surface area (Å²) in [5.74, 6) is 0.226. The molecule has 2 atom stereocenters. The molecule has 61 heavy (non-hydrogen) atoms. The summed E-state index contributed by atoms with van der Waals surface area (Å²) in [4.78, 5) is 0. The minimum absolute atomic E-state index is 0.100. The van der Waals surface area contributed by atoms with Crippen LogP contribution in [-0.2, 0) is 0 Å². The van der Waals surface area contributed by atoms with Crippen LogP contribution in [0.3, 0.4) is 0 Å². The molecule has 0 saturated carbocycles. The van der Waals surface area contributed by atoms with E-state index in [1.165, 1.54) is 86.3 Å². The zero-order valence-electron chi connectivity index (χ0n) is 33.7. The van der Waals surface area contributed by atoms with Gasteiger partial charge in [-0.1, -0.05) is 183 Å². The highest BCUT2D eigenvalue weighted by molar-refractivity contribution is 7.25. The molecule has 2 heterocycles. The Hall–Kier alpha value is -7.26. The minimum Gasteiger partial charge on any atom is -0.455 e. The van der Waals surface area contributed by atoms with E-state index in [2.05, 4.69) is 214 Å². The average molecular weight is 797 g/mol. The molecule has 0 saturated heterocycles. The summed E-state index contributed by atoms with van der Waals surface area (Å²) < 4.78 is 9.77. The Morgan fingerprint density at radius 3 is 1.79 bits per heavy atom. The minimum atomic E-state index is 0.100. The van der Waals surface area contributed by atoms with Gasteiger partial charge in [0.15, 0.2) is 0 Å². The fourth-order valence-electron chi connectivity index (χ4n) is 10.5. The van der Waals surface area contributed by atoms with Crippen molar-refractivity contribution in [1.82, 2.24) is 0 Å². The van der Waals surface area contributed by atoms with Gasteiger partial charge in [0, 0.05) is 48.3 Å². The van der Waals surface area contributed by atoms with Gasteiger partial charge < -0.3 is 4.42 Å². The molecule has 2 aliphatic carbocycles. The second-order valence-corrected chi connectivity index (χ2v) is 17.3. The van der Waals surface area contributed by atoms with Crippen molar-refractivity contribution in [2.45, 2.75) is 6.92 Å². The number of fused-ring (bicyclic) bond motifs is 9. The molecular formula is C59H40OS. The van der Waals surface area contributed by atoms with Crippen LogP contribution >= 0.6 is 11.3 Å². The Morgan fingerprint density at radius 1 is 0.492 bits per heavy atom. The Labute approximate surface area is 358 Å². The van der Waals surface area contributed by atoms with E-state index in [1.807, 2.05) is 11.3 Å². The lowest BCUT2D eigenvalue weighted by Crippen LogP contribution is -2.23. The standard InChI is InChI=1S/C59H40OS/c1-3-17-43-39(4-2)56(38-31-33-42-41-20-14-15-29-53(41)61-54(42)35-38)48-25-12-13-26-49(48)58(43)51-28-16-27-50-40-32-30-37(34-52(40)60-59(50)51)57-46-23-10-8-21-44(46)55(36-18-6-5-7-19-36)45-22-9-11-24-47(45)57/h3-35,48-49H,2H2,1H3/b17-3-. The van der Waals surface area contributed by atoms with Gasteiger partial charge >= 0.3 is 0 Å². The van der Waals surface area contributed by atoms with Gasteiger partial charge in [0.1, 0.15) is 11.2 Å². The topological polar surface area (TPSA) is 13.1 Å². The third-order valence-electron chi connectivity index (χ3n) is 13.0. The SMILES string of the molecule is C=CC1=C(c2ccc3c(c2)sc2ccccc23)C2C=CC=CC2C(c2cccc3c2oc2cc(-c4c5ccccc5c(-c5ccccc5)c5ccccc45)ccc23)=C1/C=C\C. The number of benzene rings is 8. The molecule has 2 aromatic heterocycles. The lowest BCUT2D eigenvalue weighted by molar-refractivity contribution is 0.660. The van der Waals surface area contributed by atoms with Crippen LogP contribution in [0.4, 0.5) is 0 Å². The summed E-state index contributed by atoms with van der Waals surface area (Å²) in [5, 5.41) is 9.82. The molecule has 12 rings (SSSR count). The van der Waals surface area contributed by atoms with Gasteiger partial charge in [-0.3, -0.25) is 0 Å². The summed E-state index contributed by atoms with van der Waals surface area (Å²) in [6.45, 7) is 6.58. The second-order valence-electron chi connectivity index (χ2n) is 16.2. The normalized spacial score (nSPS) is 16.7. The maximum atomic E-state index is 7.14. The predicted octanol–water partition coefficient (Wildman–Crippen LogP) is 16.9. The number of furan rings is 1. The highest BCUT2D eigenvalue weighted by Gasteiger charge is 2.36. The molecule has 288 valence electrons. The van der Waals surface area contributed by atoms with E-state index in [-0.39, 0.29) is 11.8 Å². The fourth-order valence-corrected chi connectivity index (χ4v) is 11.6. The lowest BCUT2D eigenvalue weighted by atomic mass is 9.66. The first-order chi connectivity index (χ1) is 30.2. The summed E-state index contributed by atoms with van der Waals surface area (Å²) in [6.07, 6.45) is 15.7. The van der Waals surface area contributed by atoms with Crippen LogP contribution in [0.5, 0.6) is 0 Å². The van der Waals surface area contributed by atoms with Crippen molar-refractivity contribution in [3.05, 3.63) is 229 Å². The van der Waals surface area contributed by atoms with E-state index < -0.39 is 0 Å². The fraction of sp³-hybridized carbons (Fsp3) is 0.0508. The molecular weight excluding hydrogens is 757 g/mol. The van der Waals surface area contributed by atoms with E-state index in [0.717, 1.165) is 33.1 Å². The third kappa shape index (κ3) is 5.46. The van der Waals surface area contributed by atoms with Crippen molar-refractivity contribution >= 4 is 86.1 Å². The van der Waals surface area contributed by atoms with Crippen molar-refractivity contribution in [2.75, 3.05) is 0 Å². The molecule has 1 nitrogen and oxygen atoms in total. The van der Waals surface area contributed by atoms with Gasteiger partial charge in [0.2, 0.25) is 0 Å². The molecule has 0 radical (unpaired) electrons. The molecule has 10 aromatic rings. The second kappa shape index (κ2) is 14.2. The summed E-state index contributed by atoms with van der Waals surface area (Å²) in [5.41, 5.74) is 14.0. The molecule has 2 heteroatoms. The molecule has 0 fully saturated rings. The lowest BCUT2D eigenvalue weighted by Gasteiger charge is -2.37. The van der Waals surface area contributed by atoms with Crippen molar-refractivity contribution in [3.8, 4) is 22.3 Å². The zero-order chi connectivity index (χ0) is 40.6. The number of rotatable bonds is 6. The van der Waals surface area contributed by atoms with Gasteiger partial charge in [-0.05, 0) is 103 Å². The van der Waals surface area contributed by atoms with E-state index in [4.69, 9.17) is 4.42 Å². The molecule has 0 N–H and O–H groups in total. The van der Waals surface area contributed by atoms with Gasteiger partial charge in [-0.2, -0.15) is 0 Å². The number of hydrogen-bond acceptors (Lipinski definition) is 2. The predicted molar refractivity (Wildman–Crippen MR) is 263 cm³/mol. The smallest absolute Gasteiger partial charge is 0.142 e.